The van der Waals surface area contributed by atoms with E-state index >= 15 is 0 Å². The fraction of sp³-hybridized carbons (Fsp3) is 0.514. The number of amides is 2. The molecule has 2 rings (SSSR count). The van der Waals surface area contributed by atoms with Crippen molar-refractivity contribution in [3.8, 4) is 5.75 Å². The van der Waals surface area contributed by atoms with Crippen molar-refractivity contribution in [3.05, 3.63) is 77.4 Å². The lowest BCUT2D eigenvalue weighted by atomic mass is 9.83. The zero-order chi connectivity index (χ0) is 34.9. The summed E-state index contributed by atoms with van der Waals surface area (Å²) in [5, 5.41) is 12.7. The van der Waals surface area contributed by atoms with Gasteiger partial charge >= 0.3 is 6.09 Å². The number of nitrogens with one attached hydrogen (secondary N) is 5. The van der Waals surface area contributed by atoms with Gasteiger partial charge in [0.15, 0.2) is 0 Å². The number of hydrogen-bond donors (Lipinski definition) is 6. The Balaban J connectivity index is 2.25. The molecule has 0 saturated heterocycles. The zero-order valence-corrected chi connectivity index (χ0v) is 29.7. The highest BCUT2D eigenvalue weighted by Crippen LogP contribution is 2.43. The Bertz CT molecular complexity index is 1330. The molecule has 7 N–H and O–H groups in total. The third-order valence-electron chi connectivity index (χ3n) is 7.36. The Morgan fingerprint density at radius 2 is 1.72 bits per heavy atom. The van der Waals surface area contributed by atoms with E-state index in [1.807, 2.05) is 78.0 Å². The van der Waals surface area contributed by atoms with Crippen molar-refractivity contribution in [1.29, 1.82) is 0 Å². The Morgan fingerprint density at radius 3 is 2.38 bits per heavy atom. The highest BCUT2D eigenvalue weighted by Gasteiger charge is 2.26. The number of carbonyl (C=O) groups excluding carboxylic acids is 2. The standard InChI is InChI=1S/C37H58N6O4/c1-9-12-13-16-23-41-32(44)26-39-25-27-18-14-15-19-28(27)29(17-10-2)30-20-21-31(34(43-38)33(30)40-11-3)46-24-22-37(7,8)42-35(45)47-36(4,5)6/h9,12-16,18-21,29,39-40,43H,10-11,17,22-26,38H2,1-8H3,(H,41,44)(H,42,45). The molecule has 1 atom stereocenters. The molecule has 0 aliphatic rings. The van der Waals surface area contributed by atoms with Crippen LogP contribution in [-0.2, 0) is 16.1 Å². The van der Waals surface area contributed by atoms with Gasteiger partial charge in [-0.15, -0.1) is 0 Å². The molecule has 2 aromatic carbocycles. The fourth-order valence-electron chi connectivity index (χ4n) is 5.19. The van der Waals surface area contributed by atoms with Crippen molar-refractivity contribution in [1.82, 2.24) is 16.0 Å². The lowest BCUT2D eigenvalue weighted by Crippen LogP contribution is -2.46. The van der Waals surface area contributed by atoms with Gasteiger partial charge in [-0.05, 0) is 77.6 Å². The van der Waals surface area contributed by atoms with Gasteiger partial charge in [0.25, 0.3) is 0 Å². The third-order valence-corrected chi connectivity index (χ3v) is 7.36. The fourth-order valence-corrected chi connectivity index (χ4v) is 5.19. The first-order chi connectivity index (χ1) is 22.4. The third kappa shape index (κ3) is 13.7. The first-order valence-electron chi connectivity index (χ1n) is 16.7. The predicted molar refractivity (Wildman–Crippen MR) is 194 cm³/mol. The largest absolute Gasteiger partial charge is 0.491 e. The zero-order valence-electron chi connectivity index (χ0n) is 29.7. The number of benzene rings is 2. The maximum Gasteiger partial charge on any atom is 0.408 e. The van der Waals surface area contributed by atoms with E-state index in [9.17, 15) is 9.59 Å². The number of nitrogen functional groups attached to an aromatic ring is 1. The number of alkyl carbamates (subject to hydrolysis) is 1. The number of hydrazine groups is 1. The molecule has 1 unspecified atom stereocenters. The molecular weight excluding hydrogens is 592 g/mol. The van der Waals surface area contributed by atoms with Crippen LogP contribution < -0.4 is 37.3 Å². The van der Waals surface area contributed by atoms with Gasteiger partial charge in [0.2, 0.25) is 5.91 Å². The molecule has 260 valence electrons. The van der Waals surface area contributed by atoms with Gasteiger partial charge in [0.1, 0.15) is 17.0 Å². The molecule has 0 aliphatic heterocycles. The minimum absolute atomic E-state index is 0.0505. The molecule has 0 saturated carbocycles. The second-order valence-electron chi connectivity index (χ2n) is 13.1. The number of rotatable bonds is 19. The smallest absolute Gasteiger partial charge is 0.408 e. The van der Waals surface area contributed by atoms with Crippen molar-refractivity contribution >= 4 is 23.4 Å². The Morgan fingerprint density at radius 1 is 0.979 bits per heavy atom. The molecule has 0 radical (unpaired) electrons. The number of carbonyl (C=O) groups is 2. The molecule has 0 aromatic heterocycles. The van der Waals surface area contributed by atoms with E-state index in [1.54, 1.807) is 0 Å². The van der Waals surface area contributed by atoms with Crippen LogP contribution in [0.5, 0.6) is 5.75 Å². The summed E-state index contributed by atoms with van der Waals surface area (Å²) in [5.74, 6) is 6.78. The highest BCUT2D eigenvalue weighted by molar-refractivity contribution is 5.80. The lowest BCUT2D eigenvalue weighted by Gasteiger charge is -2.29. The monoisotopic (exact) mass is 650 g/mol. The normalized spacial score (nSPS) is 12.6. The minimum atomic E-state index is -0.574. The summed E-state index contributed by atoms with van der Waals surface area (Å²) >= 11 is 0. The summed E-state index contributed by atoms with van der Waals surface area (Å²) in [6, 6.07) is 12.4. The van der Waals surface area contributed by atoms with Crippen molar-refractivity contribution < 1.29 is 19.1 Å². The number of nitrogens with two attached hydrogens (primary N) is 1. The minimum Gasteiger partial charge on any atom is -0.491 e. The molecule has 10 nitrogen and oxygen atoms in total. The Hall–Kier alpha value is -4.02. The van der Waals surface area contributed by atoms with Crippen LogP contribution in [0.1, 0.15) is 97.3 Å². The Labute approximate surface area is 282 Å². The van der Waals surface area contributed by atoms with Crippen LogP contribution in [0, 0.1) is 0 Å². The second kappa shape index (κ2) is 19.6. The molecule has 0 bridgehead atoms. The summed E-state index contributed by atoms with van der Waals surface area (Å²) in [6.45, 7) is 17.9. The highest BCUT2D eigenvalue weighted by atomic mass is 16.6. The van der Waals surface area contributed by atoms with Gasteiger partial charge in [-0.1, -0.05) is 68.0 Å². The van der Waals surface area contributed by atoms with E-state index in [2.05, 4.69) is 64.8 Å². The summed E-state index contributed by atoms with van der Waals surface area (Å²) in [4.78, 5) is 24.7. The molecule has 47 heavy (non-hydrogen) atoms. The maximum absolute atomic E-state index is 12.4. The van der Waals surface area contributed by atoms with Crippen LogP contribution in [0.4, 0.5) is 16.2 Å². The molecule has 0 heterocycles. The molecular formula is C37H58N6O4. The van der Waals surface area contributed by atoms with E-state index in [1.165, 1.54) is 5.56 Å². The predicted octanol–water partition coefficient (Wildman–Crippen LogP) is 6.75. The van der Waals surface area contributed by atoms with Crippen LogP contribution in [0.25, 0.3) is 0 Å². The first kappa shape index (κ1) is 39.2. The maximum atomic E-state index is 12.4. The first-order valence-corrected chi connectivity index (χ1v) is 16.7. The van der Waals surface area contributed by atoms with Crippen molar-refractivity contribution in [3.63, 3.8) is 0 Å². The molecule has 10 heteroatoms. The number of hydrogen-bond acceptors (Lipinski definition) is 8. The van der Waals surface area contributed by atoms with Crippen molar-refractivity contribution in [2.45, 2.75) is 98.3 Å². The van der Waals surface area contributed by atoms with E-state index in [-0.39, 0.29) is 18.4 Å². The van der Waals surface area contributed by atoms with E-state index in [0.29, 0.717) is 44.1 Å². The summed E-state index contributed by atoms with van der Waals surface area (Å²) in [7, 11) is 0. The van der Waals surface area contributed by atoms with E-state index in [0.717, 1.165) is 29.7 Å². The summed E-state index contributed by atoms with van der Waals surface area (Å²) in [6.07, 6.45) is 9.69. The van der Waals surface area contributed by atoms with Crippen LogP contribution >= 0.6 is 0 Å². The number of allylic oxidation sites excluding steroid dienone is 3. The topological polar surface area (TPSA) is 139 Å². The van der Waals surface area contributed by atoms with Gasteiger partial charge < -0.3 is 36.2 Å². The average Bonchev–Trinajstić information content (AvgIpc) is 2.99. The van der Waals surface area contributed by atoms with Gasteiger partial charge in [-0.2, -0.15) is 0 Å². The van der Waals surface area contributed by atoms with Crippen LogP contribution in [0.3, 0.4) is 0 Å². The van der Waals surface area contributed by atoms with Crippen LogP contribution in [-0.4, -0.2) is 49.4 Å². The van der Waals surface area contributed by atoms with Crippen LogP contribution in [0.15, 0.2) is 60.7 Å². The quantitative estimate of drug-likeness (QED) is 0.0558. The van der Waals surface area contributed by atoms with Crippen molar-refractivity contribution in [2.75, 3.05) is 37.0 Å². The molecule has 2 aromatic rings. The van der Waals surface area contributed by atoms with Gasteiger partial charge in [0, 0.05) is 37.5 Å². The molecule has 0 spiro atoms. The Kier molecular flexibility index (Phi) is 16.3. The van der Waals surface area contributed by atoms with Gasteiger partial charge in [-0.3, -0.25) is 10.6 Å². The van der Waals surface area contributed by atoms with E-state index < -0.39 is 17.2 Å². The van der Waals surface area contributed by atoms with Crippen LogP contribution in [0.2, 0.25) is 0 Å². The van der Waals surface area contributed by atoms with Gasteiger partial charge in [-0.25, -0.2) is 4.79 Å². The number of anilines is 2. The summed E-state index contributed by atoms with van der Waals surface area (Å²) in [5.41, 5.74) is 6.79. The van der Waals surface area contributed by atoms with E-state index in [4.69, 9.17) is 15.3 Å². The van der Waals surface area contributed by atoms with Gasteiger partial charge in [0.05, 0.1) is 18.8 Å². The molecule has 0 fully saturated rings. The second-order valence-corrected chi connectivity index (χ2v) is 13.1. The summed E-state index contributed by atoms with van der Waals surface area (Å²) < 4.78 is 11.7. The lowest BCUT2D eigenvalue weighted by molar-refractivity contribution is -0.120. The number of ether oxygens (including phenoxy) is 2. The van der Waals surface area contributed by atoms with Crippen molar-refractivity contribution in [2.24, 2.45) is 5.84 Å². The SMILES string of the molecule is CC=CC=CCNC(=O)CNCc1ccccc1C(CCC)c1ccc(OCCC(C)(C)NC(=O)OC(C)(C)C)c(NN)c1NCC. The molecule has 0 aliphatic carbocycles. The average molecular weight is 651 g/mol. The molecule has 2 amide bonds.